The van der Waals surface area contributed by atoms with Crippen LogP contribution < -0.4 is 0 Å². The Morgan fingerprint density at radius 2 is 1.83 bits per heavy atom. The topological polar surface area (TPSA) is 3.24 Å². The number of hydrogen-bond acceptors (Lipinski definition) is 1. The maximum absolute atomic E-state index is 2.63. The fraction of sp³-hybridized carbons (Fsp3) is 1.00. The van der Waals surface area contributed by atoms with E-state index in [1.165, 1.54) is 51.7 Å². The van der Waals surface area contributed by atoms with E-state index in [4.69, 9.17) is 0 Å². The molecular formula is C11H23N. The third-order valence-corrected chi connectivity index (χ3v) is 3.11. The molecule has 0 atom stereocenters. The molecule has 12 heavy (non-hydrogen) atoms. The Labute approximate surface area is 77.1 Å². The van der Waals surface area contributed by atoms with E-state index >= 15 is 0 Å². The van der Waals surface area contributed by atoms with E-state index in [-0.39, 0.29) is 0 Å². The van der Waals surface area contributed by atoms with Gasteiger partial charge < -0.3 is 4.90 Å². The van der Waals surface area contributed by atoms with Gasteiger partial charge in [-0.25, -0.2) is 0 Å². The van der Waals surface area contributed by atoms with E-state index in [0.29, 0.717) is 0 Å². The summed E-state index contributed by atoms with van der Waals surface area (Å²) in [4.78, 5) is 2.63. The number of likely N-dealkylation sites (tertiary alicyclic amines) is 1. The molecule has 0 aliphatic carbocycles. The molecule has 0 aromatic heterocycles. The standard InChI is InChI=1S/C11H23N/c1-3-5-8-12-9-6-11(4-2)7-10-12/h11H,3-10H2,1-2H3. The first-order valence-electron chi connectivity index (χ1n) is 5.59. The predicted octanol–water partition coefficient (Wildman–Crippen LogP) is 2.91. The van der Waals surface area contributed by atoms with Gasteiger partial charge >= 0.3 is 0 Å². The smallest absolute Gasteiger partial charge is 0.00161 e. The molecule has 0 aromatic rings. The van der Waals surface area contributed by atoms with Crippen molar-refractivity contribution in [3.05, 3.63) is 0 Å². The van der Waals surface area contributed by atoms with E-state index in [9.17, 15) is 0 Å². The van der Waals surface area contributed by atoms with Crippen LogP contribution in [-0.4, -0.2) is 24.5 Å². The van der Waals surface area contributed by atoms with Crippen molar-refractivity contribution in [2.24, 2.45) is 5.92 Å². The third kappa shape index (κ3) is 3.14. The second-order valence-corrected chi connectivity index (χ2v) is 4.05. The Balaban J connectivity index is 2.09. The summed E-state index contributed by atoms with van der Waals surface area (Å²) in [6.07, 6.45) is 7.01. The molecule has 1 fully saturated rings. The van der Waals surface area contributed by atoms with E-state index in [1.54, 1.807) is 0 Å². The highest BCUT2D eigenvalue weighted by atomic mass is 15.1. The molecule has 72 valence electrons. The minimum Gasteiger partial charge on any atom is -0.303 e. The van der Waals surface area contributed by atoms with Crippen LogP contribution in [0.25, 0.3) is 0 Å². The summed E-state index contributed by atoms with van der Waals surface area (Å²) in [5.74, 6) is 1.03. The molecule has 1 heteroatoms. The Bertz CT molecular complexity index is 104. The number of unbranched alkanes of at least 4 members (excludes halogenated alkanes) is 1. The van der Waals surface area contributed by atoms with Gasteiger partial charge in [0.25, 0.3) is 0 Å². The molecule has 0 aromatic carbocycles. The fourth-order valence-corrected chi connectivity index (χ4v) is 2.00. The number of nitrogens with zero attached hydrogens (tertiary/aromatic N) is 1. The summed E-state index contributed by atoms with van der Waals surface area (Å²) in [6.45, 7) is 8.66. The molecular weight excluding hydrogens is 146 g/mol. The third-order valence-electron chi connectivity index (χ3n) is 3.11. The van der Waals surface area contributed by atoms with Crippen LogP contribution in [0.1, 0.15) is 46.0 Å². The first-order valence-corrected chi connectivity index (χ1v) is 5.59. The van der Waals surface area contributed by atoms with Gasteiger partial charge in [0.2, 0.25) is 0 Å². The van der Waals surface area contributed by atoms with Crippen molar-refractivity contribution in [2.45, 2.75) is 46.0 Å². The Morgan fingerprint density at radius 1 is 1.17 bits per heavy atom. The molecule has 1 heterocycles. The number of rotatable bonds is 4. The molecule has 1 rings (SSSR count). The lowest BCUT2D eigenvalue weighted by Gasteiger charge is -2.31. The SMILES string of the molecule is CCCCN1CCC(CC)CC1. The largest absolute Gasteiger partial charge is 0.303 e. The summed E-state index contributed by atoms with van der Waals surface area (Å²) >= 11 is 0. The van der Waals surface area contributed by atoms with Crippen molar-refractivity contribution in [3.63, 3.8) is 0 Å². The summed E-state index contributed by atoms with van der Waals surface area (Å²) in [6, 6.07) is 0. The lowest BCUT2D eigenvalue weighted by molar-refractivity contribution is 0.180. The van der Waals surface area contributed by atoms with Crippen molar-refractivity contribution >= 4 is 0 Å². The summed E-state index contributed by atoms with van der Waals surface area (Å²) in [7, 11) is 0. The molecule has 1 saturated heterocycles. The predicted molar refractivity (Wildman–Crippen MR) is 54.4 cm³/mol. The van der Waals surface area contributed by atoms with Crippen LogP contribution in [0.3, 0.4) is 0 Å². The maximum atomic E-state index is 2.63. The van der Waals surface area contributed by atoms with Crippen molar-refractivity contribution in [2.75, 3.05) is 19.6 Å². The lowest BCUT2D eigenvalue weighted by atomic mass is 9.94. The quantitative estimate of drug-likeness (QED) is 0.625. The van der Waals surface area contributed by atoms with Crippen molar-refractivity contribution in [1.82, 2.24) is 4.90 Å². The summed E-state index contributed by atoms with van der Waals surface area (Å²) < 4.78 is 0. The van der Waals surface area contributed by atoms with Gasteiger partial charge in [-0.15, -0.1) is 0 Å². The lowest BCUT2D eigenvalue weighted by Crippen LogP contribution is -2.34. The fourth-order valence-electron chi connectivity index (χ4n) is 2.00. The average Bonchev–Trinajstić information content (AvgIpc) is 2.15. The molecule has 1 aliphatic heterocycles. The molecule has 0 unspecified atom stereocenters. The second-order valence-electron chi connectivity index (χ2n) is 4.05. The maximum Gasteiger partial charge on any atom is -0.00161 e. The van der Waals surface area contributed by atoms with Gasteiger partial charge in [0, 0.05) is 0 Å². The van der Waals surface area contributed by atoms with E-state index in [0.717, 1.165) is 5.92 Å². The van der Waals surface area contributed by atoms with Crippen LogP contribution >= 0.6 is 0 Å². The highest BCUT2D eigenvalue weighted by molar-refractivity contribution is 4.70. The van der Waals surface area contributed by atoms with Gasteiger partial charge in [0.15, 0.2) is 0 Å². The molecule has 0 spiro atoms. The Hall–Kier alpha value is -0.0400. The van der Waals surface area contributed by atoms with Crippen molar-refractivity contribution in [1.29, 1.82) is 0 Å². The zero-order valence-electron chi connectivity index (χ0n) is 8.68. The van der Waals surface area contributed by atoms with Crippen LogP contribution in [0.5, 0.6) is 0 Å². The number of piperidine rings is 1. The Morgan fingerprint density at radius 3 is 2.33 bits per heavy atom. The van der Waals surface area contributed by atoms with Gasteiger partial charge in [-0.2, -0.15) is 0 Å². The van der Waals surface area contributed by atoms with Crippen molar-refractivity contribution in [3.8, 4) is 0 Å². The van der Waals surface area contributed by atoms with Crippen LogP contribution in [0.4, 0.5) is 0 Å². The first-order chi connectivity index (χ1) is 5.86. The van der Waals surface area contributed by atoms with Gasteiger partial charge in [-0.05, 0) is 44.8 Å². The Kier molecular flexibility index (Phi) is 4.67. The van der Waals surface area contributed by atoms with Crippen molar-refractivity contribution < 1.29 is 0 Å². The highest BCUT2D eigenvalue weighted by Crippen LogP contribution is 2.19. The second kappa shape index (κ2) is 5.58. The van der Waals surface area contributed by atoms with Gasteiger partial charge in [0.05, 0.1) is 0 Å². The van der Waals surface area contributed by atoms with Crippen LogP contribution in [0.15, 0.2) is 0 Å². The molecule has 0 saturated carbocycles. The minimum absolute atomic E-state index is 1.03. The van der Waals surface area contributed by atoms with E-state index < -0.39 is 0 Å². The van der Waals surface area contributed by atoms with E-state index in [2.05, 4.69) is 18.7 Å². The summed E-state index contributed by atoms with van der Waals surface area (Å²) in [5.41, 5.74) is 0. The summed E-state index contributed by atoms with van der Waals surface area (Å²) in [5, 5.41) is 0. The van der Waals surface area contributed by atoms with Gasteiger partial charge in [0.1, 0.15) is 0 Å². The highest BCUT2D eigenvalue weighted by Gasteiger charge is 2.16. The van der Waals surface area contributed by atoms with Crippen LogP contribution in [0.2, 0.25) is 0 Å². The minimum atomic E-state index is 1.03. The molecule has 0 bridgehead atoms. The van der Waals surface area contributed by atoms with Gasteiger partial charge in [-0.1, -0.05) is 26.7 Å². The first kappa shape index (κ1) is 10.0. The molecule has 0 radical (unpaired) electrons. The average molecular weight is 169 g/mol. The van der Waals surface area contributed by atoms with Crippen LogP contribution in [-0.2, 0) is 0 Å². The van der Waals surface area contributed by atoms with Crippen LogP contribution in [0, 0.1) is 5.92 Å². The normalized spacial score (nSPS) is 21.5. The van der Waals surface area contributed by atoms with E-state index in [1.807, 2.05) is 0 Å². The van der Waals surface area contributed by atoms with Gasteiger partial charge in [-0.3, -0.25) is 0 Å². The molecule has 0 amide bonds. The molecule has 0 N–H and O–H groups in total. The monoisotopic (exact) mass is 169 g/mol. The molecule has 1 nitrogen and oxygen atoms in total. The zero-order valence-corrected chi connectivity index (χ0v) is 8.68. The zero-order chi connectivity index (χ0) is 8.81. The molecule has 1 aliphatic rings. The number of hydrogen-bond donors (Lipinski definition) is 0.